The molecule has 0 radical (unpaired) electrons. The highest BCUT2D eigenvalue weighted by Crippen LogP contribution is 2.12. The Balaban J connectivity index is 2.76. The minimum Gasteiger partial charge on any atom is -0.444 e. The number of amides is 1. The van der Waals surface area contributed by atoms with Crippen LogP contribution < -0.4 is 0 Å². The van der Waals surface area contributed by atoms with Crippen LogP contribution in [0.2, 0.25) is 0 Å². The monoisotopic (exact) mass is 307 g/mol. The van der Waals surface area contributed by atoms with Crippen LogP contribution in [0.3, 0.4) is 0 Å². The second kappa shape index (κ2) is 8.54. The van der Waals surface area contributed by atoms with Crippen LogP contribution in [0.15, 0.2) is 30.3 Å². The third-order valence-corrected chi connectivity index (χ3v) is 2.70. The van der Waals surface area contributed by atoms with E-state index in [1.54, 1.807) is 20.8 Å². The lowest BCUT2D eigenvalue weighted by molar-refractivity contribution is -0.124. The van der Waals surface area contributed by atoms with Gasteiger partial charge in [0.25, 0.3) is 0 Å². The van der Waals surface area contributed by atoms with E-state index in [1.165, 1.54) is 4.90 Å². The number of hydrogen-bond acceptors (Lipinski definition) is 4. The molecule has 1 amide bonds. The first-order valence-corrected chi connectivity index (χ1v) is 7.43. The summed E-state index contributed by atoms with van der Waals surface area (Å²) in [4.78, 5) is 25.6. The van der Waals surface area contributed by atoms with Crippen LogP contribution in [0.25, 0.3) is 0 Å². The summed E-state index contributed by atoms with van der Waals surface area (Å²) in [6, 6.07) is 9.51. The number of carbonyl (C=O) groups is 2. The van der Waals surface area contributed by atoms with Crippen molar-refractivity contribution in [2.24, 2.45) is 0 Å². The van der Waals surface area contributed by atoms with E-state index in [4.69, 9.17) is 9.47 Å². The summed E-state index contributed by atoms with van der Waals surface area (Å²) in [5.74, 6) is -0.149. The van der Waals surface area contributed by atoms with Crippen molar-refractivity contribution in [3.8, 4) is 0 Å². The molecule has 0 aromatic heterocycles. The van der Waals surface area contributed by atoms with Crippen LogP contribution in [-0.4, -0.2) is 42.1 Å². The molecule has 0 spiro atoms. The van der Waals surface area contributed by atoms with Gasteiger partial charge in [-0.3, -0.25) is 9.69 Å². The predicted octanol–water partition coefficient (Wildman–Crippen LogP) is 3.03. The molecule has 0 saturated carbocycles. The fraction of sp³-hybridized carbons (Fsp3) is 0.529. The summed E-state index contributed by atoms with van der Waals surface area (Å²) in [5, 5.41) is 0. The Labute approximate surface area is 132 Å². The molecule has 1 aromatic rings. The molecule has 22 heavy (non-hydrogen) atoms. The van der Waals surface area contributed by atoms with Gasteiger partial charge in [-0.2, -0.15) is 0 Å². The summed E-state index contributed by atoms with van der Waals surface area (Å²) in [6.07, 6.45) is -0.499. The van der Waals surface area contributed by atoms with Crippen molar-refractivity contribution in [3.63, 3.8) is 0 Å². The molecular weight excluding hydrogens is 282 g/mol. The average Bonchev–Trinajstić information content (AvgIpc) is 2.43. The fourth-order valence-corrected chi connectivity index (χ4v) is 1.79. The highest BCUT2D eigenvalue weighted by Gasteiger charge is 2.24. The van der Waals surface area contributed by atoms with Crippen molar-refractivity contribution < 1.29 is 19.1 Å². The van der Waals surface area contributed by atoms with Gasteiger partial charge in [-0.15, -0.1) is 0 Å². The molecule has 5 heteroatoms. The van der Waals surface area contributed by atoms with E-state index >= 15 is 0 Å². The molecule has 0 aliphatic rings. The summed E-state index contributed by atoms with van der Waals surface area (Å²) in [5.41, 5.74) is 0.340. The SMILES string of the molecule is CCOCC(=O)CN(Cc1ccccc1)C(=O)OC(C)(C)C. The summed E-state index contributed by atoms with van der Waals surface area (Å²) >= 11 is 0. The van der Waals surface area contributed by atoms with Gasteiger partial charge in [-0.05, 0) is 33.3 Å². The van der Waals surface area contributed by atoms with E-state index in [2.05, 4.69) is 0 Å². The van der Waals surface area contributed by atoms with Gasteiger partial charge < -0.3 is 9.47 Å². The van der Waals surface area contributed by atoms with E-state index in [0.29, 0.717) is 13.2 Å². The van der Waals surface area contributed by atoms with Crippen LogP contribution in [0.5, 0.6) is 0 Å². The fourth-order valence-electron chi connectivity index (χ4n) is 1.79. The Hall–Kier alpha value is -1.88. The molecule has 1 aromatic carbocycles. The first kappa shape index (κ1) is 18.2. The summed E-state index contributed by atoms with van der Waals surface area (Å²) < 4.78 is 10.5. The van der Waals surface area contributed by atoms with E-state index in [9.17, 15) is 9.59 Å². The van der Waals surface area contributed by atoms with Crippen LogP contribution in [0.1, 0.15) is 33.3 Å². The van der Waals surface area contributed by atoms with Crippen molar-refractivity contribution in [2.75, 3.05) is 19.8 Å². The number of Topliss-reactive ketones (excluding diaryl/α,β-unsaturated/α-hetero) is 1. The van der Waals surface area contributed by atoms with Gasteiger partial charge in [-0.1, -0.05) is 30.3 Å². The number of hydrogen-bond donors (Lipinski definition) is 0. The molecule has 0 heterocycles. The number of nitrogens with zero attached hydrogens (tertiary/aromatic N) is 1. The normalized spacial score (nSPS) is 11.1. The van der Waals surface area contributed by atoms with Crippen LogP contribution in [0, 0.1) is 0 Å². The van der Waals surface area contributed by atoms with Gasteiger partial charge in [0.15, 0.2) is 5.78 Å². The Morgan fingerprint density at radius 2 is 1.77 bits per heavy atom. The van der Waals surface area contributed by atoms with Gasteiger partial charge in [0.1, 0.15) is 12.2 Å². The second-order valence-corrected chi connectivity index (χ2v) is 6.00. The Morgan fingerprint density at radius 1 is 1.14 bits per heavy atom. The molecule has 0 saturated heterocycles. The standard InChI is InChI=1S/C17H25NO4/c1-5-21-13-15(19)12-18(16(20)22-17(2,3)4)11-14-9-7-6-8-10-14/h6-10H,5,11-13H2,1-4H3. The number of ether oxygens (including phenoxy) is 2. The van der Waals surface area contributed by atoms with E-state index in [1.807, 2.05) is 37.3 Å². The Kier molecular flexibility index (Phi) is 7.05. The predicted molar refractivity (Wildman–Crippen MR) is 84.6 cm³/mol. The van der Waals surface area contributed by atoms with E-state index < -0.39 is 11.7 Å². The third-order valence-electron chi connectivity index (χ3n) is 2.70. The third kappa shape index (κ3) is 7.22. The van der Waals surface area contributed by atoms with Crippen molar-refractivity contribution in [3.05, 3.63) is 35.9 Å². The largest absolute Gasteiger partial charge is 0.444 e. The average molecular weight is 307 g/mol. The Morgan fingerprint density at radius 3 is 2.32 bits per heavy atom. The van der Waals surface area contributed by atoms with E-state index in [-0.39, 0.29) is 18.9 Å². The molecule has 122 valence electrons. The lowest BCUT2D eigenvalue weighted by atomic mass is 10.2. The lowest BCUT2D eigenvalue weighted by Gasteiger charge is -2.27. The first-order valence-electron chi connectivity index (χ1n) is 7.43. The molecule has 1 rings (SSSR count). The maximum absolute atomic E-state index is 12.3. The summed E-state index contributed by atoms with van der Waals surface area (Å²) in [6.45, 7) is 8.00. The van der Waals surface area contributed by atoms with Crippen molar-refractivity contribution in [2.45, 2.75) is 39.8 Å². The molecule has 0 atom stereocenters. The van der Waals surface area contributed by atoms with Gasteiger partial charge in [0.05, 0.1) is 6.54 Å². The zero-order valence-corrected chi connectivity index (χ0v) is 13.8. The maximum atomic E-state index is 12.3. The molecule has 5 nitrogen and oxygen atoms in total. The highest BCUT2D eigenvalue weighted by molar-refractivity contribution is 5.85. The number of ketones is 1. The maximum Gasteiger partial charge on any atom is 0.410 e. The lowest BCUT2D eigenvalue weighted by Crippen LogP contribution is -2.40. The zero-order valence-electron chi connectivity index (χ0n) is 13.8. The first-order chi connectivity index (χ1) is 10.3. The molecule has 0 N–H and O–H groups in total. The smallest absolute Gasteiger partial charge is 0.410 e. The van der Waals surface area contributed by atoms with Crippen molar-refractivity contribution in [1.82, 2.24) is 4.90 Å². The summed E-state index contributed by atoms with van der Waals surface area (Å²) in [7, 11) is 0. The van der Waals surface area contributed by atoms with Gasteiger partial charge in [0.2, 0.25) is 0 Å². The van der Waals surface area contributed by atoms with Crippen LogP contribution in [-0.2, 0) is 20.8 Å². The molecular formula is C17H25NO4. The zero-order chi connectivity index (χ0) is 16.6. The molecule has 0 bridgehead atoms. The molecule has 0 aliphatic carbocycles. The number of benzene rings is 1. The van der Waals surface area contributed by atoms with E-state index in [0.717, 1.165) is 5.56 Å². The highest BCUT2D eigenvalue weighted by atomic mass is 16.6. The second-order valence-electron chi connectivity index (χ2n) is 6.00. The molecule has 0 fully saturated rings. The van der Waals surface area contributed by atoms with Crippen LogP contribution >= 0.6 is 0 Å². The minimum atomic E-state index is -0.602. The Bertz CT molecular complexity index is 479. The minimum absolute atomic E-state index is 0.00455. The van der Waals surface area contributed by atoms with Gasteiger partial charge in [-0.25, -0.2) is 4.79 Å². The molecule has 0 aliphatic heterocycles. The van der Waals surface area contributed by atoms with Crippen molar-refractivity contribution in [1.29, 1.82) is 0 Å². The van der Waals surface area contributed by atoms with Crippen molar-refractivity contribution >= 4 is 11.9 Å². The molecule has 0 unspecified atom stereocenters. The number of carbonyl (C=O) groups excluding carboxylic acids is 2. The number of rotatable bonds is 7. The van der Waals surface area contributed by atoms with Gasteiger partial charge in [0, 0.05) is 13.2 Å². The quantitative estimate of drug-likeness (QED) is 0.777. The topological polar surface area (TPSA) is 55.8 Å². The van der Waals surface area contributed by atoms with Crippen LogP contribution in [0.4, 0.5) is 4.79 Å². The van der Waals surface area contributed by atoms with Gasteiger partial charge >= 0.3 is 6.09 Å².